The van der Waals surface area contributed by atoms with E-state index in [0.29, 0.717) is 22.8 Å². The zero-order valence-corrected chi connectivity index (χ0v) is 17.8. The van der Waals surface area contributed by atoms with Gasteiger partial charge in [-0.3, -0.25) is 4.99 Å². The first kappa shape index (κ1) is 19.0. The Hall–Kier alpha value is -0.370. The summed E-state index contributed by atoms with van der Waals surface area (Å²) in [6.07, 6.45) is 12.2. The summed E-state index contributed by atoms with van der Waals surface area (Å²) in [6.45, 7) is 11.5. The minimum absolute atomic E-state index is 0.126. The number of aliphatic hydroxyl groups is 1. The molecule has 0 aliphatic heterocycles. The number of rotatable bonds is 2. The molecule has 9 atom stereocenters. The standard InChI is InChI=1S/C24H41NO/c1-15(2)25-18-10-12-23(4)17(14-18)6-7-19-21-9-8-20(16(3)26)24(21,5)13-11-22(19)23/h16-22,26H,6-14H2,1-5H3/t16?,17?,18-,19-,20+,21-,22-,23-,24+/m0/s1. The van der Waals surface area contributed by atoms with Gasteiger partial charge in [-0.05, 0) is 119 Å². The molecule has 2 nitrogen and oxygen atoms in total. The Kier molecular flexibility index (Phi) is 4.82. The molecule has 26 heavy (non-hydrogen) atoms. The molecule has 148 valence electrons. The van der Waals surface area contributed by atoms with Crippen molar-refractivity contribution < 1.29 is 5.11 Å². The van der Waals surface area contributed by atoms with E-state index >= 15 is 0 Å². The molecule has 0 spiro atoms. The average molecular weight is 360 g/mol. The van der Waals surface area contributed by atoms with E-state index in [1.165, 1.54) is 63.5 Å². The summed E-state index contributed by atoms with van der Waals surface area (Å²) in [6, 6.07) is 0.592. The summed E-state index contributed by atoms with van der Waals surface area (Å²) in [5.41, 5.74) is 2.22. The second-order valence-electron chi connectivity index (χ2n) is 11.1. The Morgan fingerprint density at radius 3 is 2.31 bits per heavy atom. The molecule has 4 aliphatic carbocycles. The second kappa shape index (κ2) is 6.61. The molecule has 1 N–H and O–H groups in total. The van der Waals surface area contributed by atoms with Gasteiger partial charge in [0.15, 0.2) is 0 Å². The van der Waals surface area contributed by atoms with Gasteiger partial charge in [-0.2, -0.15) is 0 Å². The lowest BCUT2D eigenvalue weighted by atomic mass is 9.44. The van der Waals surface area contributed by atoms with Crippen molar-refractivity contribution in [3.8, 4) is 0 Å². The summed E-state index contributed by atoms with van der Waals surface area (Å²) in [5.74, 6) is 4.15. The summed E-state index contributed by atoms with van der Waals surface area (Å²) < 4.78 is 0. The van der Waals surface area contributed by atoms with E-state index in [-0.39, 0.29) is 6.10 Å². The minimum atomic E-state index is -0.126. The lowest BCUT2D eigenvalue weighted by molar-refractivity contribution is -0.120. The number of hydrogen-bond donors (Lipinski definition) is 1. The van der Waals surface area contributed by atoms with Crippen LogP contribution in [0.2, 0.25) is 0 Å². The van der Waals surface area contributed by atoms with Gasteiger partial charge in [-0.25, -0.2) is 0 Å². The summed E-state index contributed by atoms with van der Waals surface area (Å²) in [4.78, 5) is 4.94. The molecule has 0 amide bonds. The van der Waals surface area contributed by atoms with Crippen molar-refractivity contribution >= 4 is 5.71 Å². The summed E-state index contributed by atoms with van der Waals surface area (Å²) >= 11 is 0. The molecule has 4 saturated carbocycles. The third-order valence-electron chi connectivity index (χ3n) is 9.73. The molecule has 4 rings (SSSR count). The summed E-state index contributed by atoms with van der Waals surface area (Å²) in [7, 11) is 0. The van der Waals surface area contributed by atoms with Gasteiger partial charge in [-0.15, -0.1) is 0 Å². The van der Waals surface area contributed by atoms with Crippen molar-refractivity contribution in [1.29, 1.82) is 0 Å². The number of aliphatic hydroxyl groups excluding tert-OH is 1. The van der Waals surface area contributed by atoms with Crippen LogP contribution in [0.4, 0.5) is 0 Å². The Labute approximate surface area is 161 Å². The van der Waals surface area contributed by atoms with Crippen LogP contribution in [-0.2, 0) is 0 Å². The predicted molar refractivity (Wildman–Crippen MR) is 109 cm³/mol. The van der Waals surface area contributed by atoms with E-state index < -0.39 is 0 Å². The summed E-state index contributed by atoms with van der Waals surface area (Å²) in [5, 5.41) is 10.4. The SMILES string of the molecule is CC(C)=N[C@H]1CC[C@@]2(C)C(CC[C@H]3[C@@H]4CC[C@H](C(C)O)[C@@]4(C)CC[C@@H]32)C1. The zero-order valence-electron chi connectivity index (χ0n) is 17.8. The molecule has 0 aromatic carbocycles. The Morgan fingerprint density at radius 1 is 0.923 bits per heavy atom. The van der Waals surface area contributed by atoms with Gasteiger partial charge in [0.25, 0.3) is 0 Å². The van der Waals surface area contributed by atoms with Crippen LogP contribution in [-0.4, -0.2) is 23.0 Å². The highest BCUT2D eigenvalue weighted by atomic mass is 16.3. The zero-order chi connectivity index (χ0) is 18.7. The molecular weight excluding hydrogens is 318 g/mol. The van der Waals surface area contributed by atoms with Gasteiger partial charge < -0.3 is 5.11 Å². The maximum absolute atomic E-state index is 10.4. The quantitative estimate of drug-likeness (QED) is 0.614. The Morgan fingerprint density at radius 2 is 1.62 bits per heavy atom. The fourth-order valence-corrected chi connectivity index (χ4v) is 8.55. The highest BCUT2D eigenvalue weighted by Crippen LogP contribution is 2.67. The first-order valence-corrected chi connectivity index (χ1v) is 11.4. The highest BCUT2D eigenvalue weighted by molar-refractivity contribution is 5.79. The molecule has 4 fully saturated rings. The van der Waals surface area contributed by atoms with E-state index in [0.717, 1.165) is 23.7 Å². The second-order valence-corrected chi connectivity index (χ2v) is 11.1. The number of fused-ring (bicyclic) bond motifs is 5. The van der Waals surface area contributed by atoms with Crippen LogP contribution in [0.25, 0.3) is 0 Å². The molecule has 0 saturated heterocycles. The van der Waals surface area contributed by atoms with E-state index in [1.807, 2.05) is 6.92 Å². The van der Waals surface area contributed by atoms with Crippen LogP contribution in [0.1, 0.15) is 92.4 Å². The maximum Gasteiger partial charge on any atom is 0.0545 e. The lowest BCUT2D eigenvalue weighted by Crippen LogP contribution is -2.54. The van der Waals surface area contributed by atoms with Gasteiger partial charge >= 0.3 is 0 Å². The molecule has 0 aromatic rings. The van der Waals surface area contributed by atoms with Gasteiger partial charge in [0.2, 0.25) is 0 Å². The first-order chi connectivity index (χ1) is 12.3. The van der Waals surface area contributed by atoms with Gasteiger partial charge in [0.05, 0.1) is 12.1 Å². The molecule has 0 radical (unpaired) electrons. The van der Waals surface area contributed by atoms with Crippen molar-refractivity contribution in [3.05, 3.63) is 0 Å². The van der Waals surface area contributed by atoms with E-state index in [9.17, 15) is 5.11 Å². The molecule has 4 aliphatic rings. The predicted octanol–water partition coefficient (Wildman–Crippen LogP) is 5.88. The largest absolute Gasteiger partial charge is 0.393 e. The van der Waals surface area contributed by atoms with Gasteiger partial charge in [-0.1, -0.05) is 13.8 Å². The average Bonchev–Trinajstić information content (AvgIpc) is 2.92. The molecule has 2 heteroatoms. The van der Waals surface area contributed by atoms with Crippen LogP contribution in [0.3, 0.4) is 0 Å². The smallest absolute Gasteiger partial charge is 0.0545 e. The molecule has 0 aromatic heterocycles. The minimum Gasteiger partial charge on any atom is -0.393 e. The third kappa shape index (κ3) is 2.81. The Bertz CT molecular complexity index is 565. The van der Waals surface area contributed by atoms with Crippen LogP contribution < -0.4 is 0 Å². The number of hydrogen-bond acceptors (Lipinski definition) is 2. The lowest BCUT2D eigenvalue weighted by Gasteiger charge is -2.61. The van der Waals surface area contributed by atoms with E-state index in [2.05, 4.69) is 27.7 Å². The molecular formula is C24H41NO. The molecule has 0 bridgehead atoms. The topological polar surface area (TPSA) is 32.6 Å². The first-order valence-electron chi connectivity index (χ1n) is 11.4. The van der Waals surface area contributed by atoms with Crippen LogP contribution in [0.15, 0.2) is 4.99 Å². The monoisotopic (exact) mass is 359 g/mol. The van der Waals surface area contributed by atoms with E-state index in [4.69, 9.17) is 4.99 Å². The van der Waals surface area contributed by atoms with Crippen molar-refractivity contribution in [1.82, 2.24) is 0 Å². The van der Waals surface area contributed by atoms with Gasteiger partial charge in [0.1, 0.15) is 0 Å². The molecule has 0 heterocycles. The maximum atomic E-state index is 10.4. The third-order valence-corrected chi connectivity index (χ3v) is 9.73. The number of aliphatic imine (C=N–C) groups is 1. The van der Waals surface area contributed by atoms with Crippen molar-refractivity contribution in [3.63, 3.8) is 0 Å². The fourth-order valence-electron chi connectivity index (χ4n) is 8.55. The highest BCUT2D eigenvalue weighted by Gasteiger charge is 2.60. The van der Waals surface area contributed by atoms with Crippen molar-refractivity contribution in [2.75, 3.05) is 0 Å². The van der Waals surface area contributed by atoms with Crippen LogP contribution in [0, 0.1) is 40.4 Å². The molecule has 2 unspecified atom stereocenters. The Balaban J connectivity index is 1.55. The van der Waals surface area contributed by atoms with Crippen LogP contribution >= 0.6 is 0 Å². The van der Waals surface area contributed by atoms with Gasteiger partial charge in [0, 0.05) is 5.71 Å². The fraction of sp³-hybridized carbons (Fsp3) is 0.958. The van der Waals surface area contributed by atoms with Crippen molar-refractivity contribution in [2.45, 2.75) is 105 Å². The van der Waals surface area contributed by atoms with E-state index in [1.54, 1.807) is 0 Å². The van der Waals surface area contributed by atoms with Crippen molar-refractivity contribution in [2.24, 2.45) is 45.4 Å². The van der Waals surface area contributed by atoms with Crippen LogP contribution in [0.5, 0.6) is 0 Å². The number of nitrogens with zero attached hydrogens (tertiary/aromatic N) is 1. The normalized spacial score (nSPS) is 51.8.